The Bertz CT molecular complexity index is 1240. The van der Waals surface area contributed by atoms with Crippen molar-refractivity contribution in [1.29, 1.82) is 0 Å². The van der Waals surface area contributed by atoms with Crippen molar-refractivity contribution >= 4 is 22.8 Å². The van der Waals surface area contributed by atoms with Gasteiger partial charge in [0, 0.05) is 37.9 Å². The number of pyridine rings is 1. The van der Waals surface area contributed by atoms with E-state index in [-0.39, 0.29) is 5.91 Å². The lowest BCUT2D eigenvalue weighted by molar-refractivity contribution is 0.0746. The first-order valence-corrected chi connectivity index (χ1v) is 10.6. The van der Waals surface area contributed by atoms with Crippen molar-refractivity contribution in [2.45, 2.75) is 13.8 Å². The Labute approximate surface area is 181 Å². The number of nitrogens with zero attached hydrogens (tertiary/aromatic N) is 5. The van der Waals surface area contributed by atoms with Crippen molar-refractivity contribution in [1.82, 2.24) is 19.4 Å². The number of hydrogen-bond acceptors (Lipinski definition) is 4. The molecule has 0 radical (unpaired) electrons. The standard InChI is InChI=1S/C25H25N5O/c1-18-6-8-22(19(2)15-18)30-17-27-21-16-20(7-9-23(21)30)25(31)29-13-11-28(12-14-29)24-5-3-4-10-26-24/h3-10,15-17H,11-14H2,1-2H3. The summed E-state index contributed by atoms with van der Waals surface area (Å²) in [4.78, 5) is 26.2. The molecular weight excluding hydrogens is 386 g/mol. The molecule has 6 heteroatoms. The monoisotopic (exact) mass is 411 g/mol. The van der Waals surface area contributed by atoms with Gasteiger partial charge < -0.3 is 9.80 Å². The Morgan fingerprint density at radius 3 is 2.48 bits per heavy atom. The highest BCUT2D eigenvalue weighted by molar-refractivity contribution is 5.97. The SMILES string of the molecule is Cc1ccc(-n2cnc3cc(C(=O)N4CCN(c5ccccn5)CC4)ccc32)c(C)c1. The molecule has 0 unspecified atom stereocenters. The molecule has 2 aromatic heterocycles. The van der Waals surface area contributed by atoms with E-state index in [1.807, 2.05) is 47.6 Å². The fraction of sp³-hybridized carbons (Fsp3) is 0.240. The Balaban J connectivity index is 1.35. The van der Waals surface area contributed by atoms with Crippen molar-refractivity contribution in [2.24, 2.45) is 0 Å². The molecule has 156 valence electrons. The fourth-order valence-corrected chi connectivity index (χ4v) is 4.28. The highest BCUT2D eigenvalue weighted by Gasteiger charge is 2.23. The molecule has 0 saturated carbocycles. The van der Waals surface area contributed by atoms with E-state index >= 15 is 0 Å². The predicted molar refractivity (Wildman–Crippen MR) is 123 cm³/mol. The van der Waals surface area contributed by atoms with E-state index in [0.717, 1.165) is 35.6 Å². The number of amides is 1. The van der Waals surface area contributed by atoms with Crippen LogP contribution in [0.15, 0.2) is 67.1 Å². The Morgan fingerprint density at radius 2 is 1.74 bits per heavy atom. The highest BCUT2D eigenvalue weighted by atomic mass is 16.2. The van der Waals surface area contributed by atoms with Crippen LogP contribution in [0.4, 0.5) is 5.82 Å². The zero-order valence-corrected chi connectivity index (χ0v) is 17.8. The predicted octanol–water partition coefficient (Wildman–Crippen LogP) is 4.00. The lowest BCUT2D eigenvalue weighted by Crippen LogP contribution is -2.49. The number of aromatic nitrogens is 3. The largest absolute Gasteiger partial charge is 0.353 e. The zero-order valence-electron chi connectivity index (χ0n) is 17.8. The quantitative estimate of drug-likeness (QED) is 0.511. The average Bonchev–Trinajstić information content (AvgIpc) is 3.22. The van der Waals surface area contributed by atoms with Gasteiger partial charge in [0.2, 0.25) is 0 Å². The van der Waals surface area contributed by atoms with Crippen LogP contribution < -0.4 is 4.90 Å². The smallest absolute Gasteiger partial charge is 0.254 e. The molecule has 4 aromatic rings. The second kappa shape index (κ2) is 7.87. The van der Waals surface area contributed by atoms with Crippen LogP contribution >= 0.6 is 0 Å². The molecule has 0 bridgehead atoms. The maximum Gasteiger partial charge on any atom is 0.254 e. The van der Waals surface area contributed by atoms with Gasteiger partial charge >= 0.3 is 0 Å². The molecule has 5 rings (SSSR count). The van der Waals surface area contributed by atoms with E-state index < -0.39 is 0 Å². The number of fused-ring (bicyclic) bond motifs is 1. The number of aryl methyl sites for hydroxylation is 2. The summed E-state index contributed by atoms with van der Waals surface area (Å²) in [5, 5.41) is 0. The van der Waals surface area contributed by atoms with E-state index in [4.69, 9.17) is 0 Å². The molecule has 1 aliphatic rings. The molecule has 1 saturated heterocycles. The van der Waals surface area contributed by atoms with Gasteiger partial charge in [0.05, 0.1) is 16.7 Å². The van der Waals surface area contributed by atoms with Gasteiger partial charge in [-0.25, -0.2) is 9.97 Å². The number of carbonyl (C=O) groups excluding carboxylic acids is 1. The summed E-state index contributed by atoms with van der Waals surface area (Å²) in [6, 6.07) is 18.1. The van der Waals surface area contributed by atoms with Gasteiger partial charge in [0.1, 0.15) is 12.1 Å². The second-order valence-corrected chi connectivity index (χ2v) is 8.08. The molecule has 1 aliphatic heterocycles. The Hall–Kier alpha value is -3.67. The topological polar surface area (TPSA) is 54.3 Å². The third kappa shape index (κ3) is 3.65. The van der Waals surface area contributed by atoms with Crippen molar-refractivity contribution in [3.8, 4) is 5.69 Å². The minimum atomic E-state index is 0.0589. The van der Waals surface area contributed by atoms with E-state index in [1.165, 1.54) is 11.1 Å². The van der Waals surface area contributed by atoms with Crippen molar-refractivity contribution < 1.29 is 4.79 Å². The van der Waals surface area contributed by atoms with Crippen LogP contribution in [-0.4, -0.2) is 51.5 Å². The van der Waals surface area contributed by atoms with Crippen LogP contribution in [0, 0.1) is 13.8 Å². The van der Waals surface area contributed by atoms with E-state index in [2.05, 4.69) is 51.5 Å². The maximum atomic E-state index is 13.1. The summed E-state index contributed by atoms with van der Waals surface area (Å²) in [7, 11) is 0. The molecule has 3 heterocycles. The average molecular weight is 412 g/mol. The minimum Gasteiger partial charge on any atom is -0.353 e. The third-order valence-corrected chi connectivity index (χ3v) is 5.95. The maximum absolute atomic E-state index is 13.1. The first-order valence-electron chi connectivity index (χ1n) is 10.6. The molecule has 1 amide bonds. The number of hydrogen-bond donors (Lipinski definition) is 0. The van der Waals surface area contributed by atoms with Crippen molar-refractivity contribution in [2.75, 3.05) is 31.1 Å². The van der Waals surface area contributed by atoms with Crippen LogP contribution in [0.1, 0.15) is 21.5 Å². The molecule has 0 aliphatic carbocycles. The zero-order chi connectivity index (χ0) is 21.4. The van der Waals surface area contributed by atoms with E-state index in [1.54, 1.807) is 6.20 Å². The lowest BCUT2D eigenvalue weighted by Gasteiger charge is -2.35. The van der Waals surface area contributed by atoms with Gasteiger partial charge in [-0.1, -0.05) is 23.8 Å². The molecular formula is C25H25N5O. The number of imidazole rings is 1. The normalized spacial score (nSPS) is 14.3. The summed E-state index contributed by atoms with van der Waals surface area (Å²) in [5.74, 6) is 1.02. The molecule has 2 aromatic carbocycles. The van der Waals surface area contributed by atoms with E-state index in [9.17, 15) is 4.79 Å². The van der Waals surface area contributed by atoms with Crippen molar-refractivity contribution in [3.05, 3.63) is 83.8 Å². The highest BCUT2D eigenvalue weighted by Crippen LogP contribution is 2.23. The number of rotatable bonds is 3. The minimum absolute atomic E-state index is 0.0589. The van der Waals surface area contributed by atoms with Gasteiger partial charge in [0.25, 0.3) is 5.91 Å². The summed E-state index contributed by atoms with van der Waals surface area (Å²) in [6.45, 7) is 7.14. The second-order valence-electron chi connectivity index (χ2n) is 8.08. The molecule has 31 heavy (non-hydrogen) atoms. The van der Waals surface area contributed by atoms with Gasteiger partial charge in [-0.3, -0.25) is 9.36 Å². The van der Waals surface area contributed by atoms with Crippen LogP contribution in [-0.2, 0) is 0 Å². The first-order chi connectivity index (χ1) is 15.1. The first kappa shape index (κ1) is 19.3. The van der Waals surface area contributed by atoms with Crippen LogP contribution in [0.25, 0.3) is 16.7 Å². The summed E-state index contributed by atoms with van der Waals surface area (Å²) in [6.07, 6.45) is 3.64. The number of anilines is 1. The summed E-state index contributed by atoms with van der Waals surface area (Å²) >= 11 is 0. The van der Waals surface area contributed by atoms with Crippen LogP contribution in [0.2, 0.25) is 0 Å². The summed E-state index contributed by atoms with van der Waals surface area (Å²) in [5.41, 5.74) is 6.07. The molecule has 0 atom stereocenters. The molecule has 1 fully saturated rings. The number of carbonyl (C=O) groups is 1. The molecule has 6 nitrogen and oxygen atoms in total. The lowest BCUT2D eigenvalue weighted by atomic mass is 10.1. The Morgan fingerprint density at radius 1 is 0.903 bits per heavy atom. The van der Waals surface area contributed by atoms with Gasteiger partial charge in [-0.05, 0) is 55.8 Å². The van der Waals surface area contributed by atoms with Gasteiger partial charge in [0.15, 0.2) is 0 Å². The molecule has 0 N–H and O–H groups in total. The number of piperazine rings is 1. The van der Waals surface area contributed by atoms with Gasteiger partial charge in [-0.2, -0.15) is 0 Å². The molecule has 0 spiro atoms. The number of benzene rings is 2. The summed E-state index contributed by atoms with van der Waals surface area (Å²) < 4.78 is 2.09. The fourth-order valence-electron chi connectivity index (χ4n) is 4.28. The third-order valence-electron chi connectivity index (χ3n) is 5.95. The van der Waals surface area contributed by atoms with Crippen molar-refractivity contribution in [3.63, 3.8) is 0 Å². The Kier molecular flexibility index (Phi) is 4.90. The van der Waals surface area contributed by atoms with Crippen LogP contribution in [0.5, 0.6) is 0 Å². The van der Waals surface area contributed by atoms with E-state index in [0.29, 0.717) is 18.7 Å². The van der Waals surface area contributed by atoms with Gasteiger partial charge in [-0.15, -0.1) is 0 Å². The van der Waals surface area contributed by atoms with Crippen LogP contribution in [0.3, 0.4) is 0 Å².